The smallest absolute Gasteiger partial charge is 0.414 e. The summed E-state index contributed by atoms with van der Waals surface area (Å²) in [6, 6.07) is 6.44. The number of carboxylic acid groups (broad SMARTS) is 1. The number of carbonyl (C=O) groups excluding carboxylic acids is 2. The molecule has 29 heavy (non-hydrogen) atoms. The highest BCUT2D eigenvalue weighted by Gasteiger charge is 2.48. The number of nitrogens with one attached hydrogen (secondary N) is 2. The van der Waals surface area contributed by atoms with Gasteiger partial charge in [0.2, 0.25) is 12.2 Å². The maximum absolute atomic E-state index is 12.0. The SMILES string of the molecule is CC(C)C(=O)NCc1ccc(NC(=O)OC2OC(C(=O)O)C(O)C(O)C2O)cc1. The van der Waals surface area contributed by atoms with Crippen molar-refractivity contribution >= 4 is 23.7 Å². The van der Waals surface area contributed by atoms with Crippen LogP contribution in [0.25, 0.3) is 0 Å². The summed E-state index contributed by atoms with van der Waals surface area (Å²) >= 11 is 0. The number of amides is 2. The van der Waals surface area contributed by atoms with Crippen LogP contribution < -0.4 is 10.6 Å². The summed E-state index contributed by atoms with van der Waals surface area (Å²) < 4.78 is 9.69. The van der Waals surface area contributed by atoms with Gasteiger partial charge < -0.3 is 35.2 Å². The van der Waals surface area contributed by atoms with Crippen LogP contribution in [-0.2, 0) is 25.6 Å². The van der Waals surface area contributed by atoms with Gasteiger partial charge in [0.05, 0.1) is 0 Å². The maximum Gasteiger partial charge on any atom is 0.414 e. The lowest BCUT2D eigenvalue weighted by atomic mass is 9.99. The van der Waals surface area contributed by atoms with Gasteiger partial charge in [0, 0.05) is 18.2 Å². The standard InChI is InChI=1S/C18H24N2O9/c1-8(2)15(24)19-7-9-3-5-10(6-4-9)20-18(27)29-17-13(23)11(21)12(22)14(28-17)16(25)26/h3-6,8,11-14,17,21-23H,7H2,1-2H3,(H,19,24)(H,20,27)(H,25,26). The Morgan fingerprint density at radius 1 is 1.07 bits per heavy atom. The molecule has 5 unspecified atom stereocenters. The second kappa shape index (κ2) is 9.65. The van der Waals surface area contributed by atoms with Gasteiger partial charge in [-0.2, -0.15) is 0 Å². The Morgan fingerprint density at radius 2 is 1.69 bits per heavy atom. The molecule has 0 radical (unpaired) electrons. The van der Waals surface area contributed by atoms with Crippen LogP contribution in [0.4, 0.5) is 10.5 Å². The van der Waals surface area contributed by atoms with Gasteiger partial charge in [0.25, 0.3) is 0 Å². The van der Waals surface area contributed by atoms with Crippen molar-refractivity contribution in [2.75, 3.05) is 5.32 Å². The number of benzene rings is 1. The van der Waals surface area contributed by atoms with Crippen LogP contribution in [0.5, 0.6) is 0 Å². The van der Waals surface area contributed by atoms with Crippen LogP contribution in [-0.4, -0.2) is 69.1 Å². The van der Waals surface area contributed by atoms with Gasteiger partial charge in [-0.1, -0.05) is 26.0 Å². The highest BCUT2D eigenvalue weighted by atomic mass is 16.7. The zero-order valence-electron chi connectivity index (χ0n) is 15.8. The molecule has 0 saturated carbocycles. The number of hydrogen-bond donors (Lipinski definition) is 6. The Bertz CT molecular complexity index is 737. The lowest BCUT2D eigenvalue weighted by Crippen LogP contribution is -2.60. The monoisotopic (exact) mass is 412 g/mol. The third-order valence-electron chi connectivity index (χ3n) is 4.23. The number of anilines is 1. The summed E-state index contributed by atoms with van der Waals surface area (Å²) in [5.74, 6) is -1.81. The molecule has 1 saturated heterocycles. The van der Waals surface area contributed by atoms with E-state index in [1.165, 1.54) is 0 Å². The summed E-state index contributed by atoms with van der Waals surface area (Å²) in [6.07, 6.45) is -10.3. The highest BCUT2D eigenvalue weighted by Crippen LogP contribution is 2.23. The van der Waals surface area contributed by atoms with Gasteiger partial charge in [-0.25, -0.2) is 9.59 Å². The molecule has 160 valence electrons. The van der Waals surface area contributed by atoms with Crippen molar-refractivity contribution in [3.63, 3.8) is 0 Å². The lowest BCUT2D eigenvalue weighted by Gasteiger charge is -2.37. The zero-order valence-corrected chi connectivity index (χ0v) is 15.8. The van der Waals surface area contributed by atoms with Crippen molar-refractivity contribution in [2.24, 2.45) is 5.92 Å². The van der Waals surface area contributed by atoms with E-state index in [1.807, 2.05) is 0 Å². The van der Waals surface area contributed by atoms with E-state index >= 15 is 0 Å². The molecule has 1 heterocycles. The van der Waals surface area contributed by atoms with Gasteiger partial charge in [-0.3, -0.25) is 10.1 Å². The average Bonchev–Trinajstić information content (AvgIpc) is 2.67. The van der Waals surface area contributed by atoms with E-state index in [-0.39, 0.29) is 11.8 Å². The molecular weight excluding hydrogens is 388 g/mol. The Labute approximate surface area is 166 Å². The summed E-state index contributed by atoms with van der Waals surface area (Å²) in [7, 11) is 0. The third kappa shape index (κ3) is 5.87. The molecule has 1 aliphatic heterocycles. The van der Waals surface area contributed by atoms with Crippen LogP contribution >= 0.6 is 0 Å². The first-order valence-corrected chi connectivity index (χ1v) is 8.87. The number of rotatable bonds is 6. The Kier molecular flexibility index (Phi) is 7.51. The van der Waals surface area contributed by atoms with Gasteiger partial charge in [-0.05, 0) is 17.7 Å². The molecule has 0 aromatic heterocycles. The van der Waals surface area contributed by atoms with E-state index in [0.29, 0.717) is 12.2 Å². The minimum atomic E-state index is -1.88. The van der Waals surface area contributed by atoms with Crippen molar-refractivity contribution in [2.45, 2.75) is 51.1 Å². The fraction of sp³-hybridized carbons (Fsp3) is 0.500. The van der Waals surface area contributed by atoms with Gasteiger partial charge in [0.1, 0.15) is 18.3 Å². The molecule has 1 aromatic rings. The molecule has 0 bridgehead atoms. The zero-order chi connectivity index (χ0) is 21.7. The second-order valence-corrected chi connectivity index (χ2v) is 6.83. The summed E-state index contributed by atoms with van der Waals surface area (Å²) in [5, 5.41) is 43.2. The third-order valence-corrected chi connectivity index (χ3v) is 4.23. The Balaban J connectivity index is 1.91. The number of aliphatic carboxylic acids is 1. The normalized spacial score (nSPS) is 26.6. The average molecular weight is 412 g/mol. The largest absolute Gasteiger partial charge is 0.479 e. The highest BCUT2D eigenvalue weighted by molar-refractivity contribution is 5.84. The fourth-order valence-corrected chi connectivity index (χ4v) is 2.50. The first-order chi connectivity index (χ1) is 13.6. The molecule has 0 spiro atoms. The lowest BCUT2D eigenvalue weighted by molar-refractivity contribution is -0.277. The number of carbonyl (C=O) groups is 3. The van der Waals surface area contributed by atoms with Crippen molar-refractivity contribution in [3.8, 4) is 0 Å². The molecule has 5 atom stereocenters. The molecule has 2 rings (SSSR count). The summed E-state index contributed by atoms with van der Waals surface area (Å²) in [6.45, 7) is 3.87. The van der Waals surface area contributed by atoms with E-state index < -0.39 is 42.8 Å². The Hall–Kier alpha value is -2.73. The molecule has 11 heteroatoms. The second-order valence-electron chi connectivity index (χ2n) is 6.83. The number of aliphatic hydroxyl groups is 3. The van der Waals surface area contributed by atoms with E-state index in [0.717, 1.165) is 5.56 Å². The molecule has 2 amide bonds. The van der Waals surface area contributed by atoms with Crippen LogP contribution in [0.1, 0.15) is 19.4 Å². The van der Waals surface area contributed by atoms with E-state index in [4.69, 9.17) is 14.6 Å². The van der Waals surface area contributed by atoms with Gasteiger partial charge in [0.15, 0.2) is 6.10 Å². The summed E-state index contributed by atoms with van der Waals surface area (Å²) in [5.41, 5.74) is 1.12. The molecule has 6 N–H and O–H groups in total. The molecule has 11 nitrogen and oxygen atoms in total. The number of ether oxygens (including phenoxy) is 2. The van der Waals surface area contributed by atoms with Crippen LogP contribution in [0, 0.1) is 5.92 Å². The Morgan fingerprint density at radius 3 is 2.24 bits per heavy atom. The fourth-order valence-electron chi connectivity index (χ4n) is 2.50. The van der Waals surface area contributed by atoms with Crippen molar-refractivity contribution in [3.05, 3.63) is 29.8 Å². The minimum absolute atomic E-state index is 0.0891. The molecule has 1 aromatic carbocycles. The van der Waals surface area contributed by atoms with Crippen LogP contribution in [0.2, 0.25) is 0 Å². The van der Waals surface area contributed by atoms with Crippen molar-refractivity contribution in [1.82, 2.24) is 5.32 Å². The first-order valence-electron chi connectivity index (χ1n) is 8.87. The molecule has 0 aliphatic carbocycles. The predicted molar refractivity (Wildman–Crippen MR) is 97.5 cm³/mol. The number of carboxylic acids is 1. The molecule has 1 fully saturated rings. The van der Waals surface area contributed by atoms with E-state index in [2.05, 4.69) is 10.6 Å². The first kappa shape index (κ1) is 22.6. The number of aliphatic hydroxyl groups excluding tert-OH is 3. The van der Waals surface area contributed by atoms with Crippen molar-refractivity contribution < 1.29 is 44.3 Å². The predicted octanol–water partition coefficient (Wildman–Crippen LogP) is -0.600. The van der Waals surface area contributed by atoms with E-state index in [1.54, 1.807) is 38.1 Å². The van der Waals surface area contributed by atoms with Crippen LogP contribution in [0.15, 0.2) is 24.3 Å². The van der Waals surface area contributed by atoms with E-state index in [9.17, 15) is 29.7 Å². The summed E-state index contributed by atoms with van der Waals surface area (Å²) in [4.78, 5) is 34.6. The van der Waals surface area contributed by atoms with Gasteiger partial charge in [-0.15, -0.1) is 0 Å². The van der Waals surface area contributed by atoms with Crippen LogP contribution in [0.3, 0.4) is 0 Å². The molecular formula is C18H24N2O9. The van der Waals surface area contributed by atoms with Gasteiger partial charge >= 0.3 is 12.1 Å². The maximum atomic E-state index is 12.0. The topological polar surface area (TPSA) is 175 Å². The molecule has 1 aliphatic rings. The number of hydrogen-bond acceptors (Lipinski definition) is 8. The minimum Gasteiger partial charge on any atom is -0.479 e. The quantitative estimate of drug-likeness (QED) is 0.356. The van der Waals surface area contributed by atoms with Crippen molar-refractivity contribution in [1.29, 1.82) is 0 Å².